The minimum Gasteiger partial charge on any atom is -0.510 e. The number of anilines is 2. The molecule has 0 aromatic heterocycles. The summed E-state index contributed by atoms with van der Waals surface area (Å²) in [5, 5.41) is 51.3. The zero-order valence-corrected chi connectivity index (χ0v) is 25.7. The van der Waals surface area contributed by atoms with Crippen molar-refractivity contribution in [3.8, 4) is 5.75 Å². The van der Waals surface area contributed by atoms with Crippen LogP contribution in [0.15, 0.2) is 22.7 Å². The Kier molecular flexibility index (Phi) is 8.59. The number of benzene rings is 1. The van der Waals surface area contributed by atoms with Gasteiger partial charge in [0.15, 0.2) is 17.1 Å². The topological polar surface area (TPSA) is 206 Å². The van der Waals surface area contributed by atoms with Crippen LogP contribution in [0, 0.1) is 11.8 Å². The highest BCUT2D eigenvalue weighted by atomic mass is 35.5. The van der Waals surface area contributed by atoms with E-state index in [1.165, 1.54) is 4.90 Å². The maximum atomic E-state index is 14.1. The number of ketones is 2. The third-order valence-corrected chi connectivity index (χ3v) is 8.96. The monoisotopic (exact) mass is 619 g/mol. The van der Waals surface area contributed by atoms with E-state index in [2.05, 4.69) is 10.6 Å². The highest BCUT2D eigenvalue weighted by Crippen LogP contribution is 2.55. The number of carbonyl (C=O) groups excluding carboxylic acids is 4. The van der Waals surface area contributed by atoms with Crippen LogP contribution in [0.5, 0.6) is 5.75 Å². The molecular weight excluding hydrogens is 582 g/mol. The Morgan fingerprint density at radius 1 is 1.16 bits per heavy atom. The van der Waals surface area contributed by atoms with E-state index in [0.717, 1.165) is 6.42 Å². The minimum absolute atomic E-state index is 0.000234. The minimum atomic E-state index is -2.76. The number of aliphatic hydroxyl groups is 3. The van der Waals surface area contributed by atoms with E-state index in [-0.39, 0.29) is 34.7 Å². The summed E-state index contributed by atoms with van der Waals surface area (Å²) >= 11 is 6.75. The molecule has 2 amide bonds. The third kappa shape index (κ3) is 4.84. The van der Waals surface area contributed by atoms with Gasteiger partial charge >= 0.3 is 0 Å². The maximum absolute atomic E-state index is 14.1. The van der Waals surface area contributed by atoms with E-state index >= 15 is 0 Å². The van der Waals surface area contributed by atoms with Crippen LogP contribution in [0.1, 0.15) is 42.6 Å². The number of hydrogen-bond donors (Lipinski definition) is 7. The summed E-state index contributed by atoms with van der Waals surface area (Å²) in [5.41, 5.74) is 1.69. The first-order chi connectivity index (χ1) is 20.0. The molecule has 0 spiro atoms. The SMILES string of the molecule is CCCNC(C)C(=O)Nc1c(O)c2c(c(N(C)C)c1Cl)CC1CC3[C@H](N(C)C)C(O)=C(C(N)=O)C(=O)[C@@]3(O)C(O)=C1C2=O. The Hall–Kier alpha value is -3.65. The van der Waals surface area contributed by atoms with Crippen molar-refractivity contribution in [2.24, 2.45) is 17.6 Å². The number of rotatable bonds is 8. The van der Waals surface area contributed by atoms with Gasteiger partial charge in [-0.2, -0.15) is 0 Å². The lowest BCUT2D eigenvalue weighted by Crippen LogP contribution is -2.63. The van der Waals surface area contributed by atoms with Crippen molar-refractivity contribution in [2.75, 3.05) is 45.0 Å². The van der Waals surface area contributed by atoms with Crippen LogP contribution in [0.2, 0.25) is 5.02 Å². The molecule has 0 bridgehead atoms. The molecular formula is C29H38ClN5O8. The van der Waals surface area contributed by atoms with Crippen LogP contribution in [-0.4, -0.2) is 101 Å². The first-order valence-corrected chi connectivity index (χ1v) is 14.3. The molecule has 3 aliphatic rings. The molecule has 8 N–H and O–H groups in total. The highest BCUT2D eigenvalue weighted by molar-refractivity contribution is 6.38. The summed E-state index contributed by atoms with van der Waals surface area (Å²) in [4.78, 5) is 55.9. The van der Waals surface area contributed by atoms with E-state index in [1.807, 2.05) is 6.92 Å². The fourth-order valence-electron chi connectivity index (χ4n) is 6.60. The number of aromatic hydroxyl groups is 1. The number of aliphatic hydroxyl groups excluding tert-OH is 2. The third-order valence-electron chi connectivity index (χ3n) is 8.59. The average molecular weight is 620 g/mol. The van der Waals surface area contributed by atoms with Gasteiger partial charge in [-0.3, -0.25) is 24.1 Å². The van der Waals surface area contributed by atoms with E-state index in [4.69, 9.17) is 17.3 Å². The molecule has 0 heterocycles. The second-order valence-corrected chi connectivity index (χ2v) is 12.1. The molecule has 14 heteroatoms. The molecule has 4 rings (SSSR count). The van der Waals surface area contributed by atoms with E-state index in [9.17, 15) is 39.6 Å². The predicted octanol–water partition coefficient (Wildman–Crippen LogP) is 1.17. The second-order valence-electron chi connectivity index (χ2n) is 11.8. The van der Waals surface area contributed by atoms with Crippen molar-refractivity contribution in [3.63, 3.8) is 0 Å². The Bertz CT molecular complexity index is 1490. The predicted molar refractivity (Wildman–Crippen MR) is 159 cm³/mol. The van der Waals surface area contributed by atoms with Crippen molar-refractivity contribution in [3.05, 3.63) is 38.8 Å². The number of likely N-dealkylation sites (N-methyl/N-ethyl adjacent to an activating group) is 1. The summed E-state index contributed by atoms with van der Waals surface area (Å²) in [6.07, 6.45) is 0.775. The number of halogens is 1. The molecule has 3 aliphatic carbocycles. The van der Waals surface area contributed by atoms with Gasteiger partial charge in [-0.05, 0) is 58.3 Å². The molecule has 0 fully saturated rings. The number of nitrogens with one attached hydrogen (secondary N) is 2. The van der Waals surface area contributed by atoms with Gasteiger partial charge in [0.2, 0.25) is 11.7 Å². The smallest absolute Gasteiger partial charge is 0.255 e. The number of amides is 2. The number of fused-ring (bicyclic) bond motifs is 3. The van der Waals surface area contributed by atoms with Crippen LogP contribution in [0.25, 0.3) is 0 Å². The van der Waals surface area contributed by atoms with E-state index in [0.29, 0.717) is 17.8 Å². The first-order valence-electron chi connectivity index (χ1n) is 14.0. The average Bonchev–Trinajstić information content (AvgIpc) is 2.90. The molecule has 0 saturated heterocycles. The number of nitrogens with zero attached hydrogens (tertiary/aromatic N) is 2. The van der Waals surface area contributed by atoms with Gasteiger partial charge in [-0.25, -0.2) is 0 Å². The number of Topliss-reactive ketones (excluding diaryl/α,β-unsaturated/α-hetero) is 2. The van der Waals surface area contributed by atoms with Crippen molar-refractivity contribution in [2.45, 2.75) is 50.8 Å². The van der Waals surface area contributed by atoms with Gasteiger partial charge in [0.05, 0.1) is 28.4 Å². The van der Waals surface area contributed by atoms with Crippen LogP contribution >= 0.6 is 11.6 Å². The first kappa shape index (κ1) is 32.3. The van der Waals surface area contributed by atoms with Crippen molar-refractivity contribution >= 4 is 46.4 Å². The number of primary amides is 1. The van der Waals surface area contributed by atoms with E-state index in [1.54, 1.807) is 40.0 Å². The van der Waals surface area contributed by atoms with Crippen LogP contribution < -0.4 is 21.3 Å². The standard InChI is InChI=1S/C29H38ClN5O8/c1-7-8-32-11(2)28(42)33-19-18(30)20(34(3)4)13-9-12-10-14-21(35(5)6)24(38)17(27(31)41)26(40)29(14,43)25(39)15(12)22(36)16(13)23(19)37/h11-12,14,21,32,37-39,43H,7-10H2,1-6H3,(H2,31,41)(H,33,42)/t11?,12?,14?,21-,29-/m0/s1. The lowest BCUT2D eigenvalue weighted by Gasteiger charge is -2.50. The van der Waals surface area contributed by atoms with Gasteiger partial charge in [0.25, 0.3) is 5.91 Å². The summed E-state index contributed by atoms with van der Waals surface area (Å²) in [7, 11) is 6.48. The van der Waals surface area contributed by atoms with Gasteiger partial charge < -0.3 is 41.7 Å². The number of allylic oxidation sites excluding steroid dienone is 1. The normalized spacial score (nSPS) is 25.7. The summed E-state index contributed by atoms with van der Waals surface area (Å²) in [6, 6.07) is -1.76. The zero-order chi connectivity index (χ0) is 32.3. The lowest BCUT2D eigenvalue weighted by molar-refractivity contribution is -0.148. The maximum Gasteiger partial charge on any atom is 0.255 e. The van der Waals surface area contributed by atoms with Crippen LogP contribution in [-0.2, 0) is 20.8 Å². The molecule has 0 radical (unpaired) electrons. The fraction of sp³-hybridized carbons (Fsp3) is 0.517. The van der Waals surface area contributed by atoms with Gasteiger partial charge in [0, 0.05) is 25.6 Å². The Morgan fingerprint density at radius 3 is 2.33 bits per heavy atom. The number of phenols is 1. The summed E-state index contributed by atoms with van der Waals surface area (Å²) in [5.74, 6) is -8.18. The Morgan fingerprint density at radius 2 is 1.79 bits per heavy atom. The molecule has 0 saturated carbocycles. The largest absolute Gasteiger partial charge is 0.510 e. The molecule has 234 valence electrons. The number of hydrogen-bond acceptors (Lipinski definition) is 11. The van der Waals surface area contributed by atoms with Crippen LogP contribution in [0.3, 0.4) is 0 Å². The zero-order valence-electron chi connectivity index (χ0n) is 24.9. The molecule has 5 atom stereocenters. The molecule has 3 unspecified atom stereocenters. The fourth-order valence-corrected chi connectivity index (χ4v) is 7.02. The Balaban J connectivity index is 1.93. The van der Waals surface area contributed by atoms with Crippen molar-refractivity contribution < 1.29 is 39.6 Å². The molecule has 43 heavy (non-hydrogen) atoms. The number of nitrogens with two attached hydrogens (primary N) is 1. The molecule has 1 aromatic carbocycles. The molecule has 0 aliphatic heterocycles. The Labute approximate surface area is 254 Å². The van der Waals surface area contributed by atoms with Crippen LogP contribution in [0.4, 0.5) is 11.4 Å². The van der Waals surface area contributed by atoms with Crippen molar-refractivity contribution in [1.29, 1.82) is 0 Å². The number of phenolic OH excluding ortho intramolecular Hbond substituents is 1. The lowest BCUT2D eigenvalue weighted by atomic mass is 9.58. The highest BCUT2D eigenvalue weighted by Gasteiger charge is 2.63. The van der Waals surface area contributed by atoms with Gasteiger partial charge in [-0.15, -0.1) is 0 Å². The molecule has 13 nitrogen and oxygen atoms in total. The van der Waals surface area contributed by atoms with Gasteiger partial charge in [0.1, 0.15) is 22.8 Å². The summed E-state index contributed by atoms with van der Waals surface area (Å²) in [6.45, 7) is 4.14. The quantitative estimate of drug-likeness (QED) is 0.162. The summed E-state index contributed by atoms with van der Waals surface area (Å²) < 4.78 is 0. The number of carbonyl (C=O) groups is 4. The van der Waals surface area contributed by atoms with Crippen molar-refractivity contribution in [1.82, 2.24) is 10.2 Å². The van der Waals surface area contributed by atoms with E-state index < -0.39 is 75.7 Å². The van der Waals surface area contributed by atoms with Gasteiger partial charge in [-0.1, -0.05) is 18.5 Å². The molecule has 1 aromatic rings. The second kappa shape index (κ2) is 11.5.